The lowest BCUT2D eigenvalue weighted by Gasteiger charge is -2.31. The summed E-state index contributed by atoms with van der Waals surface area (Å²) < 4.78 is 0. The van der Waals surface area contributed by atoms with Gasteiger partial charge in [0.15, 0.2) is 0 Å². The highest BCUT2D eigenvalue weighted by Crippen LogP contribution is 2.30. The highest BCUT2D eigenvalue weighted by Gasteiger charge is 2.22. The first kappa shape index (κ1) is 13.4. The van der Waals surface area contributed by atoms with Crippen LogP contribution < -0.4 is 16.0 Å². The average Bonchev–Trinajstić information content (AvgIpc) is 2.47. The largest absolute Gasteiger partial charge is 0.398 e. The van der Waals surface area contributed by atoms with Crippen LogP contribution in [-0.2, 0) is 11.3 Å². The Morgan fingerprint density at radius 2 is 2.10 bits per heavy atom. The van der Waals surface area contributed by atoms with Crippen LogP contribution in [0.1, 0.15) is 16.8 Å². The molecule has 3 N–H and O–H groups in total. The molecule has 0 aliphatic carbocycles. The zero-order chi connectivity index (χ0) is 15.0. The van der Waals surface area contributed by atoms with Gasteiger partial charge >= 0.3 is 0 Å². The van der Waals surface area contributed by atoms with Gasteiger partial charge in [-0.05, 0) is 37.1 Å². The van der Waals surface area contributed by atoms with Gasteiger partial charge in [-0.15, -0.1) is 0 Å². The molecular weight excluding hydrogens is 264 g/mol. The molecule has 0 saturated carbocycles. The summed E-state index contributed by atoms with van der Waals surface area (Å²) in [6, 6.07) is 7.79. The highest BCUT2D eigenvalue weighted by atomic mass is 16.2. The third kappa shape index (κ3) is 2.42. The summed E-state index contributed by atoms with van der Waals surface area (Å²) in [6.07, 6.45) is 1.79. The van der Waals surface area contributed by atoms with E-state index in [9.17, 15) is 4.79 Å². The third-order valence-corrected chi connectivity index (χ3v) is 3.87. The molecule has 1 aromatic heterocycles. The van der Waals surface area contributed by atoms with Gasteiger partial charge < -0.3 is 16.0 Å². The molecule has 2 heterocycles. The Labute approximate surface area is 123 Å². The van der Waals surface area contributed by atoms with Crippen LogP contribution in [0.5, 0.6) is 0 Å². The Morgan fingerprint density at radius 3 is 2.90 bits per heavy atom. The number of nitrogens with zero attached hydrogens (tertiary/aromatic N) is 2. The van der Waals surface area contributed by atoms with Gasteiger partial charge in [-0.25, -0.2) is 0 Å². The SMILES string of the molecule is Cc1cnc(CN2CC(=O)Nc3ccccc32)c(C)c1N. The van der Waals surface area contributed by atoms with E-state index in [2.05, 4.69) is 10.3 Å². The Hall–Kier alpha value is -2.56. The molecule has 0 fully saturated rings. The molecule has 5 nitrogen and oxygen atoms in total. The van der Waals surface area contributed by atoms with Crippen molar-refractivity contribution in [2.75, 3.05) is 22.5 Å². The number of benzene rings is 1. The van der Waals surface area contributed by atoms with E-state index < -0.39 is 0 Å². The van der Waals surface area contributed by atoms with Crippen LogP contribution in [0.25, 0.3) is 0 Å². The van der Waals surface area contributed by atoms with E-state index >= 15 is 0 Å². The molecule has 0 unspecified atom stereocenters. The first-order valence-corrected chi connectivity index (χ1v) is 6.90. The number of carbonyl (C=O) groups is 1. The van der Waals surface area contributed by atoms with Crippen molar-refractivity contribution < 1.29 is 4.79 Å². The normalized spacial score (nSPS) is 13.8. The molecule has 0 atom stereocenters. The molecule has 3 rings (SSSR count). The Balaban J connectivity index is 1.96. The third-order valence-electron chi connectivity index (χ3n) is 3.87. The lowest BCUT2D eigenvalue weighted by atomic mass is 10.1. The van der Waals surface area contributed by atoms with Crippen LogP contribution >= 0.6 is 0 Å². The molecule has 0 radical (unpaired) electrons. The summed E-state index contributed by atoms with van der Waals surface area (Å²) in [6.45, 7) is 4.82. The van der Waals surface area contributed by atoms with E-state index in [4.69, 9.17) is 5.73 Å². The van der Waals surface area contributed by atoms with Crippen molar-refractivity contribution in [2.24, 2.45) is 0 Å². The van der Waals surface area contributed by atoms with E-state index in [-0.39, 0.29) is 5.91 Å². The van der Waals surface area contributed by atoms with Crippen LogP contribution in [-0.4, -0.2) is 17.4 Å². The number of anilines is 3. The fraction of sp³-hybridized carbons (Fsp3) is 0.250. The van der Waals surface area contributed by atoms with Gasteiger partial charge in [0.25, 0.3) is 0 Å². The monoisotopic (exact) mass is 282 g/mol. The van der Waals surface area contributed by atoms with Crippen LogP contribution in [0.2, 0.25) is 0 Å². The lowest BCUT2D eigenvalue weighted by Crippen LogP contribution is -2.38. The number of aryl methyl sites for hydroxylation is 1. The van der Waals surface area contributed by atoms with Crippen molar-refractivity contribution in [3.8, 4) is 0 Å². The van der Waals surface area contributed by atoms with Crippen LogP contribution in [0, 0.1) is 13.8 Å². The highest BCUT2D eigenvalue weighted by molar-refractivity contribution is 6.01. The molecule has 1 aliphatic rings. The Morgan fingerprint density at radius 1 is 1.33 bits per heavy atom. The first-order valence-electron chi connectivity index (χ1n) is 6.90. The van der Waals surface area contributed by atoms with Crippen LogP contribution in [0.15, 0.2) is 30.5 Å². The maximum Gasteiger partial charge on any atom is 0.243 e. The van der Waals surface area contributed by atoms with Gasteiger partial charge in [-0.3, -0.25) is 9.78 Å². The molecule has 0 saturated heterocycles. The van der Waals surface area contributed by atoms with Crippen molar-refractivity contribution in [3.05, 3.63) is 47.3 Å². The topological polar surface area (TPSA) is 71.2 Å². The molecule has 21 heavy (non-hydrogen) atoms. The zero-order valence-corrected chi connectivity index (χ0v) is 12.2. The quantitative estimate of drug-likeness (QED) is 0.886. The van der Waals surface area contributed by atoms with Gasteiger partial charge in [0.1, 0.15) is 0 Å². The van der Waals surface area contributed by atoms with Gasteiger partial charge in [0.05, 0.1) is 30.2 Å². The molecule has 1 aromatic carbocycles. The lowest BCUT2D eigenvalue weighted by molar-refractivity contribution is -0.115. The fourth-order valence-corrected chi connectivity index (χ4v) is 2.58. The molecule has 2 aromatic rings. The summed E-state index contributed by atoms with van der Waals surface area (Å²) in [5.74, 6) is -0.00793. The van der Waals surface area contributed by atoms with E-state index in [0.29, 0.717) is 13.1 Å². The van der Waals surface area contributed by atoms with Crippen molar-refractivity contribution in [1.29, 1.82) is 0 Å². The summed E-state index contributed by atoms with van der Waals surface area (Å²) in [5.41, 5.74) is 11.6. The molecule has 0 spiro atoms. The second-order valence-electron chi connectivity index (χ2n) is 5.35. The first-order chi connectivity index (χ1) is 10.1. The number of rotatable bonds is 2. The second-order valence-corrected chi connectivity index (χ2v) is 5.35. The van der Waals surface area contributed by atoms with Crippen LogP contribution in [0.4, 0.5) is 17.1 Å². The Kier molecular flexibility index (Phi) is 3.25. The average molecular weight is 282 g/mol. The zero-order valence-electron chi connectivity index (χ0n) is 12.2. The summed E-state index contributed by atoms with van der Waals surface area (Å²) in [5, 5.41) is 2.89. The number of para-hydroxylation sites is 2. The molecule has 1 aliphatic heterocycles. The van der Waals surface area contributed by atoms with Gasteiger partial charge in [0, 0.05) is 11.9 Å². The summed E-state index contributed by atoms with van der Waals surface area (Å²) in [7, 11) is 0. The second kappa shape index (κ2) is 5.09. The number of aromatic nitrogens is 1. The summed E-state index contributed by atoms with van der Waals surface area (Å²) in [4.78, 5) is 18.3. The van der Waals surface area contributed by atoms with Gasteiger partial charge in [-0.1, -0.05) is 12.1 Å². The number of pyridine rings is 1. The maximum absolute atomic E-state index is 11.8. The van der Waals surface area contributed by atoms with Crippen molar-refractivity contribution in [3.63, 3.8) is 0 Å². The molecule has 108 valence electrons. The minimum atomic E-state index is -0.00793. The standard InChI is InChI=1S/C16H18N4O/c1-10-7-18-13(11(2)16(10)17)8-20-9-15(21)19-12-5-3-4-6-14(12)20/h3-7H,8-9H2,1-2H3,(H2,17,18)(H,19,21). The number of carbonyl (C=O) groups excluding carboxylic acids is 1. The van der Waals surface area contributed by atoms with E-state index in [1.54, 1.807) is 6.20 Å². The van der Waals surface area contributed by atoms with E-state index in [1.165, 1.54) is 0 Å². The number of fused-ring (bicyclic) bond motifs is 1. The maximum atomic E-state index is 11.8. The number of hydrogen-bond acceptors (Lipinski definition) is 4. The molecular formula is C16H18N4O. The molecule has 1 amide bonds. The van der Waals surface area contributed by atoms with Crippen molar-refractivity contribution >= 4 is 23.0 Å². The minimum absolute atomic E-state index is 0.00793. The van der Waals surface area contributed by atoms with Crippen LogP contribution in [0.3, 0.4) is 0 Å². The number of nitrogen functional groups attached to an aromatic ring is 1. The number of nitrogens with two attached hydrogens (primary N) is 1. The fourth-order valence-electron chi connectivity index (χ4n) is 2.58. The number of amides is 1. The predicted octanol–water partition coefficient (Wildman–Crippen LogP) is 2.24. The minimum Gasteiger partial charge on any atom is -0.398 e. The number of nitrogens with one attached hydrogen (secondary N) is 1. The van der Waals surface area contributed by atoms with Gasteiger partial charge in [0.2, 0.25) is 5.91 Å². The predicted molar refractivity (Wildman–Crippen MR) is 84.2 cm³/mol. The van der Waals surface area contributed by atoms with Crippen molar-refractivity contribution in [2.45, 2.75) is 20.4 Å². The van der Waals surface area contributed by atoms with E-state index in [1.807, 2.05) is 43.0 Å². The van der Waals surface area contributed by atoms with E-state index in [0.717, 1.165) is 33.9 Å². The summed E-state index contributed by atoms with van der Waals surface area (Å²) >= 11 is 0. The smallest absolute Gasteiger partial charge is 0.243 e. The number of hydrogen-bond donors (Lipinski definition) is 2. The van der Waals surface area contributed by atoms with Gasteiger partial charge in [-0.2, -0.15) is 0 Å². The molecule has 0 bridgehead atoms. The Bertz CT molecular complexity index is 711. The van der Waals surface area contributed by atoms with Crippen molar-refractivity contribution in [1.82, 2.24) is 4.98 Å². The molecule has 5 heteroatoms.